The van der Waals surface area contributed by atoms with E-state index in [1.165, 1.54) is 0 Å². The fourth-order valence-corrected chi connectivity index (χ4v) is 2.33. The zero-order chi connectivity index (χ0) is 15.4. The number of rotatable bonds is 6. The molecule has 0 aliphatic carbocycles. The maximum absolute atomic E-state index is 5.78. The summed E-state index contributed by atoms with van der Waals surface area (Å²) < 4.78 is 7.31. The van der Waals surface area contributed by atoms with Gasteiger partial charge in [0, 0.05) is 12.7 Å². The van der Waals surface area contributed by atoms with Gasteiger partial charge in [0.1, 0.15) is 16.6 Å². The molecule has 0 spiro atoms. The van der Waals surface area contributed by atoms with Crippen LogP contribution in [0.5, 0.6) is 5.75 Å². The van der Waals surface area contributed by atoms with E-state index in [0.717, 1.165) is 41.5 Å². The van der Waals surface area contributed by atoms with Crippen molar-refractivity contribution in [3.05, 3.63) is 35.5 Å². The summed E-state index contributed by atoms with van der Waals surface area (Å²) in [5.41, 5.74) is 8.30. The average Bonchev–Trinajstić information content (AvgIpc) is 2.72. The number of aromatic nitrogens is 2. The lowest BCUT2D eigenvalue weighted by Gasteiger charge is -2.10. The summed E-state index contributed by atoms with van der Waals surface area (Å²) >= 11 is 5.10. The van der Waals surface area contributed by atoms with E-state index < -0.39 is 0 Å². The first-order valence-corrected chi connectivity index (χ1v) is 7.27. The molecule has 0 radical (unpaired) electrons. The zero-order valence-corrected chi connectivity index (χ0v) is 13.3. The Bertz CT molecular complexity index is 634. The molecule has 6 heteroatoms. The van der Waals surface area contributed by atoms with E-state index in [1.807, 2.05) is 38.2 Å². The summed E-state index contributed by atoms with van der Waals surface area (Å²) in [4.78, 5) is 0.339. The van der Waals surface area contributed by atoms with Crippen LogP contribution in [0.15, 0.2) is 24.3 Å². The van der Waals surface area contributed by atoms with E-state index in [1.54, 1.807) is 4.68 Å². The van der Waals surface area contributed by atoms with Crippen LogP contribution in [0.3, 0.4) is 0 Å². The highest BCUT2D eigenvalue weighted by atomic mass is 32.1. The zero-order valence-electron chi connectivity index (χ0n) is 12.5. The molecule has 112 valence electrons. The van der Waals surface area contributed by atoms with Crippen molar-refractivity contribution in [2.45, 2.75) is 20.3 Å². The molecule has 1 aromatic heterocycles. The van der Waals surface area contributed by atoms with Gasteiger partial charge >= 0.3 is 0 Å². The molecule has 0 amide bonds. The number of anilines is 2. The van der Waals surface area contributed by atoms with Crippen molar-refractivity contribution in [2.75, 3.05) is 11.9 Å². The third-order valence-electron chi connectivity index (χ3n) is 3.06. The summed E-state index contributed by atoms with van der Waals surface area (Å²) in [6, 6.07) is 7.77. The van der Waals surface area contributed by atoms with Crippen molar-refractivity contribution < 1.29 is 4.74 Å². The van der Waals surface area contributed by atoms with Gasteiger partial charge in [0.05, 0.1) is 17.9 Å². The van der Waals surface area contributed by atoms with Gasteiger partial charge in [-0.15, -0.1) is 0 Å². The van der Waals surface area contributed by atoms with Crippen LogP contribution < -0.4 is 15.8 Å². The van der Waals surface area contributed by atoms with E-state index in [2.05, 4.69) is 17.3 Å². The standard InChI is InChI=1S/C15H20N4OS/c1-4-9-20-12-7-5-11(6-8-12)17-15-13(14(16)21)10(2)18-19(15)3/h5-8,17H,4,9H2,1-3H3,(H2,16,21). The minimum Gasteiger partial charge on any atom is -0.494 e. The number of ether oxygens (including phenoxy) is 1. The molecule has 1 aromatic carbocycles. The predicted octanol–water partition coefficient (Wildman–Crippen LogP) is 2.90. The highest BCUT2D eigenvalue weighted by Crippen LogP contribution is 2.24. The maximum atomic E-state index is 5.78. The highest BCUT2D eigenvalue weighted by molar-refractivity contribution is 7.80. The van der Waals surface area contributed by atoms with Crippen LogP contribution in [0.4, 0.5) is 11.5 Å². The van der Waals surface area contributed by atoms with Crippen molar-refractivity contribution in [2.24, 2.45) is 12.8 Å². The third-order valence-corrected chi connectivity index (χ3v) is 3.26. The fraction of sp³-hybridized carbons (Fsp3) is 0.333. The second kappa shape index (κ2) is 6.58. The predicted molar refractivity (Wildman–Crippen MR) is 89.3 cm³/mol. The number of nitrogens with one attached hydrogen (secondary N) is 1. The summed E-state index contributed by atoms with van der Waals surface area (Å²) in [5, 5.41) is 7.65. The average molecular weight is 304 g/mol. The van der Waals surface area contributed by atoms with Crippen molar-refractivity contribution in [3.63, 3.8) is 0 Å². The number of hydrogen-bond acceptors (Lipinski definition) is 4. The SMILES string of the molecule is CCCOc1ccc(Nc2c(C(N)=S)c(C)nn2C)cc1. The molecule has 0 bridgehead atoms. The first-order valence-electron chi connectivity index (χ1n) is 6.86. The number of aryl methyl sites for hydroxylation is 2. The summed E-state index contributed by atoms with van der Waals surface area (Å²) in [6.45, 7) is 4.69. The molecule has 2 rings (SSSR count). The number of hydrogen-bond donors (Lipinski definition) is 2. The van der Waals surface area contributed by atoms with Crippen LogP contribution in [-0.4, -0.2) is 21.4 Å². The third kappa shape index (κ3) is 3.52. The molecule has 0 aliphatic heterocycles. The second-order valence-electron chi connectivity index (χ2n) is 4.79. The first-order chi connectivity index (χ1) is 10.0. The van der Waals surface area contributed by atoms with E-state index in [4.69, 9.17) is 22.7 Å². The number of thiocarbonyl (C=S) groups is 1. The minimum absolute atomic E-state index is 0.339. The van der Waals surface area contributed by atoms with Crippen molar-refractivity contribution in [1.82, 2.24) is 9.78 Å². The summed E-state index contributed by atoms with van der Waals surface area (Å²) in [6.07, 6.45) is 0.992. The maximum Gasteiger partial charge on any atom is 0.138 e. The number of nitrogens with zero attached hydrogens (tertiary/aromatic N) is 2. The van der Waals surface area contributed by atoms with Gasteiger partial charge in [0.2, 0.25) is 0 Å². The van der Waals surface area contributed by atoms with E-state index in [9.17, 15) is 0 Å². The molecule has 0 saturated heterocycles. The smallest absolute Gasteiger partial charge is 0.138 e. The lowest BCUT2D eigenvalue weighted by atomic mass is 10.2. The van der Waals surface area contributed by atoms with Gasteiger partial charge in [-0.1, -0.05) is 19.1 Å². The van der Waals surface area contributed by atoms with Crippen molar-refractivity contribution >= 4 is 28.7 Å². The van der Waals surface area contributed by atoms with Crippen LogP contribution in [0.25, 0.3) is 0 Å². The van der Waals surface area contributed by atoms with Gasteiger partial charge in [-0.2, -0.15) is 5.10 Å². The molecule has 2 aromatic rings. The normalized spacial score (nSPS) is 10.4. The molecule has 5 nitrogen and oxygen atoms in total. The molecule has 3 N–H and O–H groups in total. The van der Waals surface area contributed by atoms with Crippen molar-refractivity contribution in [1.29, 1.82) is 0 Å². The van der Waals surface area contributed by atoms with Crippen LogP contribution in [0, 0.1) is 6.92 Å². The molecule has 0 unspecified atom stereocenters. The van der Waals surface area contributed by atoms with Gasteiger partial charge < -0.3 is 15.8 Å². The summed E-state index contributed by atoms with van der Waals surface area (Å²) in [7, 11) is 1.86. The molecule has 21 heavy (non-hydrogen) atoms. The molecule has 0 fully saturated rings. The van der Waals surface area contributed by atoms with Gasteiger partial charge in [-0.3, -0.25) is 4.68 Å². The Balaban J connectivity index is 2.20. The van der Waals surface area contributed by atoms with Gasteiger partial charge in [0.15, 0.2) is 0 Å². The van der Waals surface area contributed by atoms with Gasteiger partial charge in [-0.05, 0) is 37.6 Å². The van der Waals surface area contributed by atoms with Crippen LogP contribution in [-0.2, 0) is 7.05 Å². The van der Waals surface area contributed by atoms with Crippen LogP contribution >= 0.6 is 12.2 Å². The van der Waals surface area contributed by atoms with Gasteiger partial charge in [-0.25, -0.2) is 0 Å². The van der Waals surface area contributed by atoms with E-state index >= 15 is 0 Å². The molecule has 0 saturated carbocycles. The Morgan fingerprint density at radius 2 is 2.05 bits per heavy atom. The van der Waals surface area contributed by atoms with E-state index in [0.29, 0.717) is 4.99 Å². The lowest BCUT2D eigenvalue weighted by molar-refractivity contribution is 0.317. The first kappa shape index (κ1) is 15.3. The molecular weight excluding hydrogens is 284 g/mol. The molecular formula is C15H20N4OS. The fourth-order valence-electron chi connectivity index (χ4n) is 2.09. The topological polar surface area (TPSA) is 65.1 Å². The Labute approximate surface area is 130 Å². The number of benzene rings is 1. The minimum atomic E-state index is 0.339. The molecule has 0 atom stereocenters. The quantitative estimate of drug-likeness (QED) is 0.803. The lowest BCUT2D eigenvalue weighted by Crippen LogP contribution is -2.12. The Morgan fingerprint density at radius 3 is 2.62 bits per heavy atom. The largest absolute Gasteiger partial charge is 0.494 e. The molecule has 1 heterocycles. The number of nitrogens with two attached hydrogens (primary N) is 1. The second-order valence-corrected chi connectivity index (χ2v) is 5.23. The monoisotopic (exact) mass is 304 g/mol. The van der Waals surface area contributed by atoms with Gasteiger partial charge in [0.25, 0.3) is 0 Å². The van der Waals surface area contributed by atoms with E-state index in [-0.39, 0.29) is 0 Å². The highest BCUT2D eigenvalue weighted by Gasteiger charge is 2.15. The summed E-state index contributed by atoms with van der Waals surface area (Å²) in [5.74, 6) is 1.65. The Hall–Kier alpha value is -2.08. The Kier molecular flexibility index (Phi) is 4.80. The Morgan fingerprint density at radius 1 is 1.38 bits per heavy atom. The van der Waals surface area contributed by atoms with Crippen LogP contribution in [0.2, 0.25) is 0 Å². The van der Waals surface area contributed by atoms with Crippen molar-refractivity contribution in [3.8, 4) is 5.75 Å². The molecule has 0 aliphatic rings. The van der Waals surface area contributed by atoms with Crippen LogP contribution in [0.1, 0.15) is 24.6 Å².